The summed E-state index contributed by atoms with van der Waals surface area (Å²) in [4.78, 5) is 19.8. The van der Waals surface area contributed by atoms with Gasteiger partial charge in [0.25, 0.3) is 0 Å². The number of nitrogens with zero attached hydrogens (tertiary/aromatic N) is 5. The van der Waals surface area contributed by atoms with Gasteiger partial charge in [-0.3, -0.25) is 4.68 Å². The van der Waals surface area contributed by atoms with E-state index in [1.807, 2.05) is 44.4 Å². The molecule has 1 N–H and O–H groups in total. The predicted molar refractivity (Wildman–Crippen MR) is 82.3 cm³/mol. The Morgan fingerprint density at radius 2 is 2.05 bits per heavy atom. The van der Waals surface area contributed by atoms with Gasteiger partial charge < -0.3 is 15.1 Å². The first-order valence-corrected chi connectivity index (χ1v) is 6.58. The number of nitrogens with one attached hydrogen (secondary N) is 1. The summed E-state index contributed by atoms with van der Waals surface area (Å²) in [5, 5.41) is 6.90. The highest BCUT2D eigenvalue weighted by molar-refractivity contribution is 5.89. The molecule has 2 aromatic heterocycles. The number of aromatic nitrogens is 3. The second-order valence-electron chi connectivity index (χ2n) is 5.11. The van der Waals surface area contributed by atoms with Crippen molar-refractivity contribution in [2.24, 2.45) is 7.05 Å². The third-order valence-electron chi connectivity index (χ3n) is 2.98. The van der Waals surface area contributed by atoms with Gasteiger partial charge in [-0.25, -0.2) is 9.78 Å². The van der Waals surface area contributed by atoms with E-state index in [-0.39, 0.29) is 6.03 Å². The van der Waals surface area contributed by atoms with Gasteiger partial charge >= 0.3 is 6.03 Å². The summed E-state index contributed by atoms with van der Waals surface area (Å²) in [6.45, 7) is 0.503. The number of aryl methyl sites for hydroxylation is 1. The van der Waals surface area contributed by atoms with Crippen LogP contribution in [0.4, 0.5) is 16.3 Å². The lowest BCUT2D eigenvalue weighted by Crippen LogP contribution is -2.30. The molecule has 7 nitrogen and oxygen atoms in total. The normalized spacial score (nSPS) is 10.3. The Morgan fingerprint density at radius 1 is 1.29 bits per heavy atom. The highest BCUT2D eigenvalue weighted by atomic mass is 16.2. The van der Waals surface area contributed by atoms with Gasteiger partial charge in [0.15, 0.2) is 0 Å². The van der Waals surface area contributed by atoms with Gasteiger partial charge in [-0.15, -0.1) is 0 Å². The second kappa shape index (κ2) is 6.25. The fourth-order valence-corrected chi connectivity index (χ4v) is 1.84. The zero-order valence-electron chi connectivity index (χ0n) is 12.7. The summed E-state index contributed by atoms with van der Waals surface area (Å²) in [7, 11) is 7.43. The fraction of sp³-hybridized carbons (Fsp3) is 0.357. The van der Waals surface area contributed by atoms with E-state index in [0.717, 1.165) is 11.4 Å². The number of urea groups is 1. The first-order chi connectivity index (χ1) is 9.95. The Morgan fingerprint density at radius 3 is 2.57 bits per heavy atom. The monoisotopic (exact) mass is 288 g/mol. The summed E-state index contributed by atoms with van der Waals surface area (Å²) >= 11 is 0. The molecule has 0 aliphatic carbocycles. The summed E-state index contributed by atoms with van der Waals surface area (Å²) in [6.07, 6.45) is 5.28. The number of hydrogen-bond acceptors (Lipinski definition) is 4. The Hall–Kier alpha value is -2.57. The van der Waals surface area contributed by atoms with Crippen LogP contribution in [0.25, 0.3) is 0 Å². The molecule has 2 aromatic rings. The van der Waals surface area contributed by atoms with Crippen LogP contribution in [-0.4, -0.2) is 46.8 Å². The molecule has 0 radical (unpaired) electrons. The van der Waals surface area contributed by atoms with Gasteiger partial charge in [-0.2, -0.15) is 5.10 Å². The lowest BCUT2D eigenvalue weighted by molar-refractivity contribution is 0.220. The molecule has 0 atom stereocenters. The van der Waals surface area contributed by atoms with Crippen LogP contribution in [0.5, 0.6) is 0 Å². The van der Waals surface area contributed by atoms with Crippen molar-refractivity contribution < 1.29 is 4.79 Å². The zero-order chi connectivity index (χ0) is 15.4. The number of carbonyl (C=O) groups excluding carboxylic acids is 1. The maximum atomic E-state index is 12.1. The summed E-state index contributed by atoms with van der Waals surface area (Å²) in [5.41, 5.74) is 1.65. The minimum atomic E-state index is -0.182. The van der Waals surface area contributed by atoms with Crippen molar-refractivity contribution in [3.8, 4) is 0 Å². The van der Waals surface area contributed by atoms with Gasteiger partial charge in [0, 0.05) is 40.0 Å². The molecule has 7 heteroatoms. The van der Waals surface area contributed by atoms with Crippen LogP contribution in [0.3, 0.4) is 0 Å². The average molecular weight is 288 g/mol. The van der Waals surface area contributed by atoms with Crippen LogP contribution in [0.15, 0.2) is 30.7 Å². The summed E-state index contributed by atoms with van der Waals surface area (Å²) in [6, 6.07) is 3.51. The number of rotatable bonds is 4. The zero-order valence-corrected chi connectivity index (χ0v) is 12.7. The van der Waals surface area contributed by atoms with Crippen LogP contribution in [0, 0.1) is 0 Å². The maximum absolute atomic E-state index is 12.1. The molecule has 0 saturated carbocycles. The first kappa shape index (κ1) is 14.8. The molecule has 0 unspecified atom stereocenters. The highest BCUT2D eigenvalue weighted by Gasteiger charge is 2.10. The van der Waals surface area contributed by atoms with Crippen LogP contribution in [0.1, 0.15) is 5.56 Å². The highest BCUT2D eigenvalue weighted by Crippen LogP contribution is 2.12. The second-order valence-corrected chi connectivity index (χ2v) is 5.11. The van der Waals surface area contributed by atoms with Crippen molar-refractivity contribution in [3.63, 3.8) is 0 Å². The molecule has 0 aliphatic heterocycles. The van der Waals surface area contributed by atoms with E-state index in [4.69, 9.17) is 0 Å². The van der Waals surface area contributed by atoms with Crippen molar-refractivity contribution in [2.75, 3.05) is 31.4 Å². The van der Waals surface area contributed by atoms with E-state index in [9.17, 15) is 4.79 Å². The fourth-order valence-electron chi connectivity index (χ4n) is 1.84. The molecule has 112 valence electrons. The van der Waals surface area contributed by atoms with Crippen LogP contribution in [0.2, 0.25) is 0 Å². The Bertz CT molecular complexity index is 604. The smallest absolute Gasteiger partial charge is 0.321 e. The minimum absolute atomic E-state index is 0.182. The third-order valence-corrected chi connectivity index (χ3v) is 2.98. The van der Waals surface area contributed by atoms with Crippen LogP contribution < -0.4 is 10.2 Å². The molecule has 2 amide bonds. The van der Waals surface area contributed by atoms with E-state index in [2.05, 4.69) is 15.4 Å². The predicted octanol–water partition coefficient (Wildman–Crippen LogP) is 1.54. The topological polar surface area (TPSA) is 66.3 Å². The third kappa shape index (κ3) is 3.95. The van der Waals surface area contributed by atoms with Crippen molar-refractivity contribution in [1.82, 2.24) is 19.7 Å². The summed E-state index contributed by atoms with van der Waals surface area (Å²) in [5.74, 6) is 0.844. The largest absolute Gasteiger partial charge is 0.363 e. The molecule has 0 spiro atoms. The standard InChI is InChI=1S/C14H20N6O/c1-18(2)13-6-5-12(8-15-13)17-14(21)19(3)9-11-7-16-20(4)10-11/h5-8,10H,9H2,1-4H3,(H,17,21). The molecule has 2 rings (SSSR count). The number of amides is 2. The van der Waals surface area contributed by atoms with Gasteiger partial charge in [0.05, 0.1) is 24.6 Å². The maximum Gasteiger partial charge on any atom is 0.321 e. The lowest BCUT2D eigenvalue weighted by atomic mass is 10.3. The van der Waals surface area contributed by atoms with Gasteiger partial charge in [0.1, 0.15) is 5.82 Å². The molecule has 0 fully saturated rings. The minimum Gasteiger partial charge on any atom is -0.363 e. The molecule has 0 bridgehead atoms. The summed E-state index contributed by atoms with van der Waals surface area (Å²) < 4.78 is 1.71. The molecule has 2 heterocycles. The van der Waals surface area contributed by atoms with Crippen molar-refractivity contribution in [1.29, 1.82) is 0 Å². The molecule has 0 aromatic carbocycles. The van der Waals surface area contributed by atoms with Crippen LogP contribution >= 0.6 is 0 Å². The van der Waals surface area contributed by atoms with Crippen molar-refractivity contribution in [2.45, 2.75) is 6.54 Å². The van der Waals surface area contributed by atoms with Crippen molar-refractivity contribution in [3.05, 3.63) is 36.3 Å². The first-order valence-electron chi connectivity index (χ1n) is 6.58. The molecule has 21 heavy (non-hydrogen) atoms. The van der Waals surface area contributed by atoms with Gasteiger partial charge in [0.2, 0.25) is 0 Å². The Kier molecular flexibility index (Phi) is 4.42. The number of anilines is 2. The number of carbonyl (C=O) groups is 1. The van der Waals surface area contributed by atoms with Crippen molar-refractivity contribution >= 4 is 17.5 Å². The SMILES string of the molecule is CN(Cc1cnn(C)c1)C(=O)Nc1ccc(N(C)C)nc1. The quantitative estimate of drug-likeness (QED) is 0.927. The molecular weight excluding hydrogens is 268 g/mol. The average Bonchev–Trinajstić information content (AvgIpc) is 2.84. The van der Waals surface area contributed by atoms with Crippen LogP contribution in [-0.2, 0) is 13.6 Å². The van der Waals surface area contributed by atoms with E-state index < -0.39 is 0 Å². The number of hydrogen-bond donors (Lipinski definition) is 1. The van der Waals surface area contributed by atoms with E-state index >= 15 is 0 Å². The van der Waals surface area contributed by atoms with Gasteiger partial charge in [-0.1, -0.05) is 0 Å². The lowest BCUT2D eigenvalue weighted by Gasteiger charge is -2.17. The molecule has 0 aliphatic rings. The van der Waals surface area contributed by atoms with Gasteiger partial charge in [-0.05, 0) is 12.1 Å². The van der Waals surface area contributed by atoms with E-state index in [0.29, 0.717) is 12.2 Å². The Labute approximate surface area is 124 Å². The molecular formula is C14H20N6O. The Balaban J connectivity index is 1.93. The molecule has 0 saturated heterocycles. The van der Waals surface area contributed by atoms with E-state index in [1.54, 1.807) is 29.0 Å². The van der Waals surface area contributed by atoms with E-state index in [1.165, 1.54) is 0 Å². The number of pyridine rings is 1.